The van der Waals surface area contributed by atoms with Crippen molar-refractivity contribution >= 4 is 34.4 Å². The van der Waals surface area contributed by atoms with Gasteiger partial charge in [0.25, 0.3) is 0 Å². The molecular formula is C15H17N3S2. The molecule has 1 saturated carbocycles. The van der Waals surface area contributed by atoms with Crippen molar-refractivity contribution in [1.82, 2.24) is 10.4 Å². The van der Waals surface area contributed by atoms with Crippen LogP contribution in [-0.2, 0) is 0 Å². The molecule has 0 bridgehead atoms. The molecule has 5 heteroatoms. The van der Waals surface area contributed by atoms with Gasteiger partial charge in [-0.15, -0.1) is 11.8 Å². The Kier molecular flexibility index (Phi) is 3.19. The van der Waals surface area contributed by atoms with Crippen molar-refractivity contribution in [3.05, 3.63) is 40.8 Å². The topological polar surface area (TPSA) is 27.6 Å². The molecule has 0 radical (unpaired) electrons. The molecule has 0 aromatic heterocycles. The molecule has 20 heavy (non-hydrogen) atoms. The third kappa shape index (κ3) is 2.13. The lowest BCUT2D eigenvalue weighted by molar-refractivity contribution is 0.164. The molecule has 4 rings (SSSR count). The predicted molar refractivity (Wildman–Crippen MR) is 87.6 cm³/mol. The molecule has 1 aromatic rings. The molecule has 1 N–H and O–H groups in total. The smallest absolute Gasteiger partial charge is 0.187 e. The van der Waals surface area contributed by atoms with E-state index in [1.54, 1.807) is 11.8 Å². The first-order chi connectivity index (χ1) is 9.86. The van der Waals surface area contributed by atoms with Crippen molar-refractivity contribution < 1.29 is 0 Å². The number of amidine groups is 1. The standard InChI is InChI=1S/C15H17N3S2/c1-3-7-12(8-4-1)16-14-17-18-13(20-14)11-19-15(18)9-5-2-6-10-15/h1,3-4,7-8,11H,2,5-6,9-10H2,(H,16,17). The molecule has 0 amide bonds. The summed E-state index contributed by atoms with van der Waals surface area (Å²) in [5, 5.41) is 6.97. The van der Waals surface area contributed by atoms with Crippen LogP contribution in [0.2, 0.25) is 0 Å². The number of rotatable bonds is 1. The van der Waals surface area contributed by atoms with E-state index >= 15 is 0 Å². The van der Waals surface area contributed by atoms with Crippen LogP contribution in [0.3, 0.4) is 0 Å². The van der Waals surface area contributed by atoms with Gasteiger partial charge in [-0.1, -0.05) is 37.5 Å². The maximum atomic E-state index is 4.70. The van der Waals surface area contributed by atoms with E-state index in [1.807, 2.05) is 42.1 Å². The quantitative estimate of drug-likeness (QED) is 0.830. The highest BCUT2D eigenvalue weighted by Crippen LogP contribution is 2.53. The van der Waals surface area contributed by atoms with Gasteiger partial charge in [-0.3, -0.25) is 10.4 Å². The van der Waals surface area contributed by atoms with Gasteiger partial charge < -0.3 is 0 Å². The van der Waals surface area contributed by atoms with Crippen LogP contribution in [0.5, 0.6) is 0 Å². The maximum Gasteiger partial charge on any atom is 0.187 e. The Morgan fingerprint density at radius 3 is 2.70 bits per heavy atom. The van der Waals surface area contributed by atoms with Crippen LogP contribution in [-0.4, -0.2) is 15.0 Å². The van der Waals surface area contributed by atoms with E-state index in [2.05, 4.69) is 15.8 Å². The fourth-order valence-electron chi connectivity index (χ4n) is 3.02. The molecule has 1 spiro atoms. The Bertz CT molecular complexity index is 562. The van der Waals surface area contributed by atoms with Crippen molar-refractivity contribution in [3.8, 4) is 0 Å². The van der Waals surface area contributed by atoms with E-state index in [4.69, 9.17) is 4.99 Å². The Morgan fingerprint density at radius 2 is 1.90 bits per heavy atom. The van der Waals surface area contributed by atoms with Crippen molar-refractivity contribution in [2.75, 3.05) is 0 Å². The lowest BCUT2D eigenvalue weighted by Gasteiger charge is -2.40. The average molecular weight is 303 g/mol. The summed E-state index contributed by atoms with van der Waals surface area (Å²) >= 11 is 3.74. The minimum Gasteiger partial charge on any atom is -0.274 e. The second-order valence-corrected chi connectivity index (χ2v) is 7.62. The van der Waals surface area contributed by atoms with E-state index in [1.165, 1.54) is 37.1 Å². The van der Waals surface area contributed by atoms with Crippen molar-refractivity contribution in [1.29, 1.82) is 0 Å². The van der Waals surface area contributed by atoms with Crippen molar-refractivity contribution in [2.24, 2.45) is 4.99 Å². The van der Waals surface area contributed by atoms with E-state index < -0.39 is 0 Å². The Balaban J connectivity index is 1.57. The fourth-order valence-corrected chi connectivity index (χ4v) is 5.42. The molecule has 104 valence electrons. The number of aliphatic imine (C=N–C) groups is 1. The molecule has 2 heterocycles. The molecule has 3 nitrogen and oxygen atoms in total. The molecule has 1 aromatic carbocycles. The van der Waals surface area contributed by atoms with Crippen molar-refractivity contribution in [3.63, 3.8) is 0 Å². The first kappa shape index (κ1) is 12.7. The van der Waals surface area contributed by atoms with Gasteiger partial charge in [0.15, 0.2) is 5.17 Å². The first-order valence-electron chi connectivity index (χ1n) is 7.12. The van der Waals surface area contributed by atoms with Gasteiger partial charge in [0.1, 0.15) is 9.90 Å². The van der Waals surface area contributed by atoms with E-state index in [0.717, 1.165) is 10.9 Å². The summed E-state index contributed by atoms with van der Waals surface area (Å²) in [4.78, 5) is 4.94. The predicted octanol–water partition coefficient (Wildman–Crippen LogP) is 4.43. The number of fused-ring (bicyclic) bond motifs is 2. The molecule has 2 fully saturated rings. The van der Waals surface area contributed by atoms with Crippen LogP contribution in [0.25, 0.3) is 0 Å². The van der Waals surface area contributed by atoms with Gasteiger partial charge in [-0.25, -0.2) is 4.99 Å². The minimum atomic E-state index is 0.245. The van der Waals surface area contributed by atoms with Gasteiger partial charge in [0.05, 0.1) is 5.69 Å². The largest absolute Gasteiger partial charge is 0.274 e. The van der Waals surface area contributed by atoms with Crippen LogP contribution in [0.4, 0.5) is 5.69 Å². The lowest BCUT2D eigenvalue weighted by Crippen LogP contribution is -2.48. The minimum absolute atomic E-state index is 0.245. The molecular weight excluding hydrogens is 286 g/mol. The molecule has 1 saturated heterocycles. The fraction of sp³-hybridized carbons (Fsp3) is 0.400. The number of benzene rings is 1. The zero-order valence-electron chi connectivity index (χ0n) is 11.2. The highest BCUT2D eigenvalue weighted by atomic mass is 32.2. The summed E-state index contributed by atoms with van der Waals surface area (Å²) in [6, 6.07) is 10.2. The third-order valence-electron chi connectivity index (χ3n) is 4.04. The lowest BCUT2D eigenvalue weighted by atomic mass is 9.94. The number of hydrogen-bond donors (Lipinski definition) is 1. The molecule has 1 aliphatic carbocycles. The van der Waals surface area contributed by atoms with Crippen LogP contribution in [0.15, 0.2) is 45.8 Å². The Labute approximate surface area is 127 Å². The molecule has 0 unspecified atom stereocenters. The normalized spacial score (nSPS) is 25.7. The van der Waals surface area contributed by atoms with Gasteiger partial charge in [-0.05, 0) is 36.7 Å². The summed E-state index contributed by atoms with van der Waals surface area (Å²) < 4.78 is 0. The molecule has 0 atom stereocenters. The number of para-hydroxylation sites is 1. The Hall–Kier alpha value is -1.07. The Morgan fingerprint density at radius 1 is 1.10 bits per heavy atom. The SMILES string of the molecule is C1=C2SC(=Nc3ccccc3)NN2C2(CCCCC2)S1. The summed E-state index contributed by atoms with van der Waals surface area (Å²) in [5.74, 6) is 0. The van der Waals surface area contributed by atoms with Gasteiger partial charge >= 0.3 is 0 Å². The number of thioether (sulfide) groups is 2. The third-order valence-corrected chi connectivity index (χ3v) is 6.44. The molecule has 2 aliphatic heterocycles. The van der Waals surface area contributed by atoms with Crippen LogP contribution < -0.4 is 5.43 Å². The zero-order chi connectivity index (χ0) is 13.4. The second kappa shape index (κ2) is 5.04. The van der Waals surface area contributed by atoms with E-state index in [0.29, 0.717) is 0 Å². The maximum absolute atomic E-state index is 4.70. The van der Waals surface area contributed by atoms with Gasteiger partial charge in [0.2, 0.25) is 0 Å². The summed E-state index contributed by atoms with van der Waals surface area (Å²) in [7, 11) is 0. The summed E-state index contributed by atoms with van der Waals surface area (Å²) in [5.41, 5.74) is 4.53. The average Bonchev–Trinajstić information content (AvgIpc) is 3.03. The summed E-state index contributed by atoms with van der Waals surface area (Å²) in [6.45, 7) is 0. The highest BCUT2D eigenvalue weighted by Gasteiger charge is 2.47. The van der Waals surface area contributed by atoms with E-state index in [-0.39, 0.29) is 4.87 Å². The van der Waals surface area contributed by atoms with Crippen LogP contribution in [0, 0.1) is 0 Å². The number of nitrogens with zero attached hydrogens (tertiary/aromatic N) is 2. The summed E-state index contributed by atoms with van der Waals surface area (Å²) in [6.07, 6.45) is 6.58. The number of hydrazine groups is 1. The van der Waals surface area contributed by atoms with Crippen molar-refractivity contribution in [2.45, 2.75) is 37.0 Å². The van der Waals surface area contributed by atoms with Crippen LogP contribution >= 0.6 is 23.5 Å². The monoisotopic (exact) mass is 303 g/mol. The highest BCUT2D eigenvalue weighted by molar-refractivity contribution is 8.18. The van der Waals surface area contributed by atoms with Gasteiger partial charge in [0, 0.05) is 5.41 Å². The van der Waals surface area contributed by atoms with E-state index in [9.17, 15) is 0 Å². The second-order valence-electron chi connectivity index (χ2n) is 5.38. The number of hydrogen-bond acceptors (Lipinski definition) is 4. The van der Waals surface area contributed by atoms with Crippen LogP contribution in [0.1, 0.15) is 32.1 Å². The number of nitrogens with one attached hydrogen (secondary N) is 1. The molecule has 3 aliphatic rings. The van der Waals surface area contributed by atoms with Gasteiger partial charge in [-0.2, -0.15) is 0 Å². The zero-order valence-corrected chi connectivity index (χ0v) is 12.8. The first-order valence-corrected chi connectivity index (χ1v) is 8.82.